The number of aromatic nitrogens is 2. The zero-order valence-corrected chi connectivity index (χ0v) is 10.9. The quantitative estimate of drug-likeness (QED) is 0.924. The van der Waals surface area contributed by atoms with Crippen molar-refractivity contribution in [2.24, 2.45) is 12.8 Å². The van der Waals surface area contributed by atoms with Gasteiger partial charge in [-0.05, 0) is 36.1 Å². The van der Waals surface area contributed by atoms with Crippen molar-refractivity contribution in [3.05, 3.63) is 52.6 Å². The molecular formula is C13H15ClFN3. The van der Waals surface area contributed by atoms with Gasteiger partial charge in [-0.15, -0.1) is 0 Å². The highest BCUT2D eigenvalue weighted by Crippen LogP contribution is 2.19. The smallest absolute Gasteiger partial charge is 0.124 e. The number of nitrogens with zero attached hydrogens (tertiary/aromatic N) is 2. The van der Waals surface area contributed by atoms with Crippen molar-refractivity contribution in [3.63, 3.8) is 0 Å². The standard InChI is InChI=1S/C13H15ClFN3/c1-18-8-9(7-17-18)4-12(16)5-10-2-3-11(15)6-13(10)14/h2-3,6-8,12H,4-5,16H2,1H3. The Labute approximate surface area is 110 Å². The zero-order valence-electron chi connectivity index (χ0n) is 10.1. The van der Waals surface area contributed by atoms with E-state index >= 15 is 0 Å². The predicted octanol–water partition coefficient (Wildman–Crippen LogP) is 2.33. The van der Waals surface area contributed by atoms with Crippen LogP contribution in [0.5, 0.6) is 0 Å². The lowest BCUT2D eigenvalue weighted by molar-refractivity contribution is 0.623. The number of rotatable bonds is 4. The van der Waals surface area contributed by atoms with Gasteiger partial charge < -0.3 is 5.73 Å². The Hall–Kier alpha value is -1.39. The van der Waals surface area contributed by atoms with E-state index < -0.39 is 0 Å². The molecule has 0 spiro atoms. The Balaban J connectivity index is 2.00. The Morgan fingerprint density at radius 3 is 2.83 bits per heavy atom. The van der Waals surface area contributed by atoms with E-state index in [-0.39, 0.29) is 11.9 Å². The second-order valence-corrected chi connectivity index (χ2v) is 4.83. The molecular weight excluding hydrogens is 253 g/mol. The normalized spacial score (nSPS) is 12.7. The van der Waals surface area contributed by atoms with Crippen LogP contribution in [0.1, 0.15) is 11.1 Å². The fraction of sp³-hybridized carbons (Fsp3) is 0.308. The number of halogens is 2. The van der Waals surface area contributed by atoms with E-state index in [2.05, 4.69) is 5.10 Å². The SMILES string of the molecule is Cn1cc(CC(N)Cc2ccc(F)cc2Cl)cn1. The summed E-state index contributed by atoms with van der Waals surface area (Å²) in [5, 5.41) is 4.52. The van der Waals surface area contributed by atoms with E-state index in [1.165, 1.54) is 12.1 Å². The van der Waals surface area contributed by atoms with E-state index in [0.717, 1.165) is 17.5 Å². The molecule has 0 radical (unpaired) electrons. The molecule has 0 saturated carbocycles. The van der Waals surface area contributed by atoms with Gasteiger partial charge in [0.2, 0.25) is 0 Å². The number of hydrogen-bond donors (Lipinski definition) is 1. The van der Waals surface area contributed by atoms with E-state index in [4.69, 9.17) is 17.3 Å². The van der Waals surface area contributed by atoms with Crippen LogP contribution in [0.25, 0.3) is 0 Å². The third kappa shape index (κ3) is 3.31. The summed E-state index contributed by atoms with van der Waals surface area (Å²) in [6.07, 6.45) is 5.08. The summed E-state index contributed by atoms with van der Waals surface area (Å²) in [5.74, 6) is -0.329. The number of nitrogens with two attached hydrogens (primary N) is 1. The van der Waals surface area contributed by atoms with Gasteiger partial charge in [-0.25, -0.2) is 4.39 Å². The molecule has 0 fully saturated rings. The molecule has 1 heterocycles. The van der Waals surface area contributed by atoms with Gasteiger partial charge in [-0.3, -0.25) is 4.68 Å². The van der Waals surface area contributed by atoms with Crippen molar-refractivity contribution in [1.82, 2.24) is 9.78 Å². The Kier molecular flexibility index (Phi) is 3.99. The molecule has 0 aliphatic carbocycles. The van der Waals surface area contributed by atoms with E-state index in [9.17, 15) is 4.39 Å². The van der Waals surface area contributed by atoms with Crippen molar-refractivity contribution < 1.29 is 4.39 Å². The first kappa shape index (κ1) is 13.1. The largest absolute Gasteiger partial charge is 0.327 e. The molecule has 2 aromatic rings. The van der Waals surface area contributed by atoms with Crippen LogP contribution in [0.15, 0.2) is 30.6 Å². The maximum Gasteiger partial charge on any atom is 0.124 e. The van der Waals surface area contributed by atoms with Crippen molar-refractivity contribution in [3.8, 4) is 0 Å². The summed E-state index contributed by atoms with van der Waals surface area (Å²) >= 11 is 5.97. The third-order valence-electron chi connectivity index (χ3n) is 2.75. The van der Waals surface area contributed by atoms with Crippen molar-refractivity contribution >= 4 is 11.6 Å². The lowest BCUT2D eigenvalue weighted by atomic mass is 10.0. The number of benzene rings is 1. The molecule has 5 heteroatoms. The monoisotopic (exact) mass is 267 g/mol. The fourth-order valence-electron chi connectivity index (χ4n) is 1.92. The molecule has 2 rings (SSSR count). The van der Waals surface area contributed by atoms with Crippen LogP contribution in [0, 0.1) is 5.82 Å². The maximum atomic E-state index is 12.9. The molecule has 0 saturated heterocycles. The minimum absolute atomic E-state index is 0.0582. The molecule has 0 amide bonds. The molecule has 1 aromatic heterocycles. The second kappa shape index (κ2) is 5.50. The fourth-order valence-corrected chi connectivity index (χ4v) is 2.17. The molecule has 0 bridgehead atoms. The third-order valence-corrected chi connectivity index (χ3v) is 3.11. The topological polar surface area (TPSA) is 43.8 Å². The molecule has 1 aromatic carbocycles. The number of hydrogen-bond acceptors (Lipinski definition) is 2. The Bertz CT molecular complexity index is 539. The summed E-state index contributed by atoms with van der Waals surface area (Å²) in [6, 6.07) is 4.34. The van der Waals surface area contributed by atoms with Crippen LogP contribution in [0.3, 0.4) is 0 Å². The van der Waals surface area contributed by atoms with Crippen molar-refractivity contribution in [2.45, 2.75) is 18.9 Å². The first-order chi connectivity index (χ1) is 8.54. The molecule has 2 N–H and O–H groups in total. The van der Waals surface area contributed by atoms with Crippen molar-refractivity contribution in [1.29, 1.82) is 0 Å². The first-order valence-electron chi connectivity index (χ1n) is 5.71. The van der Waals surface area contributed by atoms with Crippen LogP contribution in [0.4, 0.5) is 4.39 Å². The average Bonchev–Trinajstić information content (AvgIpc) is 2.68. The highest BCUT2D eigenvalue weighted by Gasteiger charge is 2.10. The van der Waals surface area contributed by atoms with E-state index in [1.807, 2.05) is 13.2 Å². The van der Waals surface area contributed by atoms with Crippen molar-refractivity contribution in [2.75, 3.05) is 0 Å². The Morgan fingerprint density at radius 1 is 1.44 bits per heavy atom. The number of aryl methyl sites for hydroxylation is 1. The van der Waals surface area contributed by atoms with Gasteiger partial charge in [0, 0.05) is 24.3 Å². The summed E-state index contributed by atoms with van der Waals surface area (Å²) < 4.78 is 14.7. The lowest BCUT2D eigenvalue weighted by Gasteiger charge is -2.11. The van der Waals surface area contributed by atoms with Gasteiger partial charge in [-0.1, -0.05) is 17.7 Å². The van der Waals surface area contributed by atoms with Crippen LogP contribution >= 0.6 is 11.6 Å². The highest BCUT2D eigenvalue weighted by atomic mass is 35.5. The lowest BCUT2D eigenvalue weighted by Crippen LogP contribution is -2.25. The molecule has 1 atom stereocenters. The Morgan fingerprint density at radius 2 is 2.22 bits per heavy atom. The van der Waals surface area contributed by atoms with Gasteiger partial charge in [0.1, 0.15) is 5.82 Å². The minimum atomic E-state index is -0.329. The van der Waals surface area contributed by atoms with Crippen LogP contribution < -0.4 is 5.73 Å². The summed E-state index contributed by atoms with van der Waals surface area (Å²) in [4.78, 5) is 0. The van der Waals surface area contributed by atoms with E-state index in [0.29, 0.717) is 11.4 Å². The van der Waals surface area contributed by atoms with Gasteiger partial charge in [-0.2, -0.15) is 5.10 Å². The highest BCUT2D eigenvalue weighted by molar-refractivity contribution is 6.31. The van der Waals surface area contributed by atoms with Gasteiger partial charge in [0.15, 0.2) is 0 Å². The zero-order chi connectivity index (χ0) is 13.1. The molecule has 0 aliphatic heterocycles. The van der Waals surface area contributed by atoms with Gasteiger partial charge in [0.25, 0.3) is 0 Å². The van der Waals surface area contributed by atoms with Gasteiger partial charge in [0.05, 0.1) is 6.20 Å². The van der Waals surface area contributed by atoms with Crippen LogP contribution in [-0.2, 0) is 19.9 Å². The van der Waals surface area contributed by atoms with E-state index in [1.54, 1.807) is 16.9 Å². The summed E-state index contributed by atoms with van der Waals surface area (Å²) in [5.41, 5.74) is 8.02. The summed E-state index contributed by atoms with van der Waals surface area (Å²) in [7, 11) is 1.87. The summed E-state index contributed by atoms with van der Waals surface area (Å²) in [6.45, 7) is 0. The average molecular weight is 268 g/mol. The molecule has 3 nitrogen and oxygen atoms in total. The predicted molar refractivity (Wildman–Crippen MR) is 70.0 cm³/mol. The minimum Gasteiger partial charge on any atom is -0.327 e. The van der Waals surface area contributed by atoms with Crippen LogP contribution in [-0.4, -0.2) is 15.8 Å². The molecule has 0 aliphatic rings. The molecule has 18 heavy (non-hydrogen) atoms. The second-order valence-electron chi connectivity index (χ2n) is 4.43. The molecule has 1 unspecified atom stereocenters. The maximum absolute atomic E-state index is 12.9. The molecule has 96 valence electrons. The van der Waals surface area contributed by atoms with Crippen LogP contribution in [0.2, 0.25) is 5.02 Å². The van der Waals surface area contributed by atoms with Gasteiger partial charge >= 0.3 is 0 Å². The first-order valence-corrected chi connectivity index (χ1v) is 6.09.